The van der Waals surface area contributed by atoms with E-state index in [0.717, 1.165) is 44.5 Å². The molecule has 152 valence electrons. The van der Waals surface area contributed by atoms with Crippen molar-refractivity contribution in [3.63, 3.8) is 0 Å². The zero-order chi connectivity index (χ0) is 20.6. The van der Waals surface area contributed by atoms with Crippen LogP contribution in [0.2, 0.25) is 0 Å². The zero-order valence-corrected chi connectivity index (χ0v) is 15.6. The van der Waals surface area contributed by atoms with E-state index >= 15 is 0 Å². The fraction of sp³-hybridized carbons (Fsp3) is 0.333. The molecule has 2 aliphatic heterocycles. The molecule has 0 radical (unpaired) electrons. The minimum absolute atomic E-state index is 0.140. The van der Waals surface area contributed by atoms with Crippen molar-refractivity contribution < 1.29 is 22.8 Å². The van der Waals surface area contributed by atoms with Crippen LogP contribution in [0, 0.1) is 0 Å². The number of piperidine rings is 1. The molecule has 0 aliphatic carbocycles. The summed E-state index contributed by atoms with van der Waals surface area (Å²) in [5.41, 5.74) is 1.56. The van der Waals surface area contributed by atoms with Crippen LogP contribution in [-0.4, -0.2) is 24.9 Å². The molecule has 0 aromatic heterocycles. The van der Waals surface area contributed by atoms with Crippen LogP contribution in [0.25, 0.3) is 0 Å². The molecule has 0 spiro atoms. The van der Waals surface area contributed by atoms with Gasteiger partial charge < -0.3 is 15.5 Å². The number of carbonyl (C=O) groups excluding carboxylic acids is 2. The van der Waals surface area contributed by atoms with Gasteiger partial charge in [0.25, 0.3) is 5.91 Å². The maximum Gasteiger partial charge on any atom is 0.416 e. The first-order chi connectivity index (χ1) is 13.8. The molecule has 5 nitrogen and oxygen atoms in total. The van der Waals surface area contributed by atoms with Crippen molar-refractivity contribution in [2.45, 2.75) is 31.9 Å². The third-order valence-electron chi connectivity index (χ3n) is 5.26. The highest BCUT2D eigenvalue weighted by atomic mass is 19.4. The number of fused-ring (bicyclic) bond motifs is 1. The van der Waals surface area contributed by atoms with E-state index in [1.54, 1.807) is 18.2 Å². The molecule has 2 aromatic carbocycles. The lowest BCUT2D eigenvalue weighted by Gasteiger charge is -2.31. The second-order valence-corrected chi connectivity index (χ2v) is 7.33. The topological polar surface area (TPSA) is 61.4 Å². The fourth-order valence-corrected chi connectivity index (χ4v) is 3.79. The SMILES string of the molecule is O=C1Cc2cc(C(=O)Nc3cc(C(F)(F)F)ccc3N3CCCCC3)ccc2N1. The Morgan fingerprint density at radius 1 is 1.03 bits per heavy atom. The lowest BCUT2D eigenvalue weighted by molar-refractivity contribution is -0.137. The summed E-state index contributed by atoms with van der Waals surface area (Å²) in [6.45, 7) is 1.47. The third kappa shape index (κ3) is 4.06. The number of anilines is 3. The summed E-state index contributed by atoms with van der Waals surface area (Å²) in [5, 5.41) is 5.34. The van der Waals surface area contributed by atoms with Crippen LogP contribution in [0.1, 0.15) is 40.7 Å². The number of rotatable bonds is 3. The van der Waals surface area contributed by atoms with E-state index < -0.39 is 17.6 Å². The molecule has 0 atom stereocenters. The summed E-state index contributed by atoms with van der Waals surface area (Å²) < 4.78 is 39.7. The van der Waals surface area contributed by atoms with Crippen LogP contribution in [0.4, 0.5) is 30.2 Å². The average molecular weight is 403 g/mol. The number of carbonyl (C=O) groups is 2. The van der Waals surface area contributed by atoms with Gasteiger partial charge in [-0.25, -0.2) is 0 Å². The molecule has 2 N–H and O–H groups in total. The Labute approximate surface area is 165 Å². The Morgan fingerprint density at radius 3 is 2.52 bits per heavy atom. The summed E-state index contributed by atoms with van der Waals surface area (Å²) in [6, 6.07) is 8.24. The Bertz CT molecular complexity index is 966. The van der Waals surface area contributed by atoms with Gasteiger partial charge in [-0.05, 0) is 61.2 Å². The number of benzene rings is 2. The molecule has 29 heavy (non-hydrogen) atoms. The van der Waals surface area contributed by atoms with E-state index in [0.29, 0.717) is 22.5 Å². The highest BCUT2D eigenvalue weighted by Gasteiger charge is 2.32. The highest BCUT2D eigenvalue weighted by Crippen LogP contribution is 2.36. The minimum Gasteiger partial charge on any atom is -0.370 e. The van der Waals surface area contributed by atoms with E-state index in [4.69, 9.17) is 0 Å². The summed E-state index contributed by atoms with van der Waals surface area (Å²) in [4.78, 5) is 26.3. The first kappa shape index (κ1) is 19.3. The summed E-state index contributed by atoms with van der Waals surface area (Å²) in [6.07, 6.45) is -1.32. The van der Waals surface area contributed by atoms with Gasteiger partial charge in [0, 0.05) is 24.3 Å². The van der Waals surface area contributed by atoms with Crippen molar-refractivity contribution in [3.05, 3.63) is 53.1 Å². The average Bonchev–Trinajstić information content (AvgIpc) is 3.07. The fourth-order valence-electron chi connectivity index (χ4n) is 3.79. The highest BCUT2D eigenvalue weighted by molar-refractivity contribution is 6.07. The van der Waals surface area contributed by atoms with E-state index in [1.807, 2.05) is 4.90 Å². The summed E-state index contributed by atoms with van der Waals surface area (Å²) >= 11 is 0. The van der Waals surface area contributed by atoms with Gasteiger partial charge in [-0.15, -0.1) is 0 Å². The molecular weight excluding hydrogens is 383 g/mol. The first-order valence-electron chi connectivity index (χ1n) is 9.51. The summed E-state index contributed by atoms with van der Waals surface area (Å²) in [5.74, 6) is -0.660. The molecule has 2 heterocycles. The van der Waals surface area contributed by atoms with E-state index in [9.17, 15) is 22.8 Å². The second kappa shape index (κ2) is 7.42. The largest absolute Gasteiger partial charge is 0.416 e. The van der Waals surface area contributed by atoms with Gasteiger partial charge >= 0.3 is 6.18 Å². The number of alkyl halides is 3. The van der Waals surface area contributed by atoms with Crippen molar-refractivity contribution in [3.8, 4) is 0 Å². The molecule has 8 heteroatoms. The van der Waals surface area contributed by atoms with Gasteiger partial charge in [0.2, 0.25) is 5.91 Å². The molecule has 2 amide bonds. The summed E-state index contributed by atoms with van der Waals surface area (Å²) in [7, 11) is 0. The number of amides is 2. The predicted octanol–water partition coefficient (Wildman–Crippen LogP) is 4.44. The lowest BCUT2D eigenvalue weighted by Crippen LogP contribution is -2.30. The van der Waals surface area contributed by atoms with Gasteiger partial charge in [-0.2, -0.15) is 13.2 Å². The van der Waals surface area contributed by atoms with Crippen molar-refractivity contribution in [1.29, 1.82) is 0 Å². The molecule has 2 aromatic rings. The van der Waals surface area contributed by atoms with Crippen molar-refractivity contribution in [2.24, 2.45) is 0 Å². The van der Waals surface area contributed by atoms with Crippen LogP contribution < -0.4 is 15.5 Å². The number of hydrogen-bond acceptors (Lipinski definition) is 3. The van der Waals surface area contributed by atoms with Gasteiger partial charge in [0.1, 0.15) is 0 Å². The normalized spacial score (nSPS) is 16.4. The Hall–Kier alpha value is -3.03. The maximum atomic E-state index is 13.2. The van der Waals surface area contributed by atoms with E-state index in [1.165, 1.54) is 6.07 Å². The maximum absolute atomic E-state index is 13.2. The molecule has 0 bridgehead atoms. The third-order valence-corrected chi connectivity index (χ3v) is 5.26. The Kier molecular flexibility index (Phi) is 4.94. The second-order valence-electron chi connectivity index (χ2n) is 7.33. The van der Waals surface area contributed by atoms with Gasteiger partial charge in [0.15, 0.2) is 0 Å². The number of nitrogens with zero attached hydrogens (tertiary/aromatic N) is 1. The standard InChI is InChI=1S/C21H20F3N3O2/c22-21(23,24)15-5-7-18(27-8-2-1-3-9-27)17(12-15)26-20(29)13-4-6-16-14(10-13)11-19(28)25-16/h4-7,10,12H,1-3,8-9,11H2,(H,25,28)(H,26,29). The molecule has 4 rings (SSSR count). The van der Waals surface area contributed by atoms with Crippen molar-refractivity contribution in [2.75, 3.05) is 28.6 Å². The van der Waals surface area contributed by atoms with Crippen molar-refractivity contribution >= 4 is 28.9 Å². The van der Waals surface area contributed by atoms with Crippen LogP contribution in [-0.2, 0) is 17.4 Å². The zero-order valence-electron chi connectivity index (χ0n) is 15.6. The van der Waals surface area contributed by atoms with Gasteiger partial charge in [-0.1, -0.05) is 0 Å². The molecule has 0 saturated carbocycles. The molecule has 0 unspecified atom stereocenters. The Balaban J connectivity index is 1.64. The molecule has 2 aliphatic rings. The quantitative estimate of drug-likeness (QED) is 0.796. The monoisotopic (exact) mass is 403 g/mol. The number of nitrogens with one attached hydrogen (secondary N) is 2. The number of halogens is 3. The Morgan fingerprint density at radius 2 is 1.79 bits per heavy atom. The van der Waals surface area contributed by atoms with Gasteiger partial charge in [-0.3, -0.25) is 9.59 Å². The van der Waals surface area contributed by atoms with Crippen LogP contribution in [0.3, 0.4) is 0 Å². The van der Waals surface area contributed by atoms with E-state index in [2.05, 4.69) is 10.6 Å². The number of hydrogen-bond donors (Lipinski definition) is 2. The molecule has 1 saturated heterocycles. The molecule has 1 fully saturated rings. The van der Waals surface area contributed by atoms with Gasteiger partial charge in [0.05, 0.1) is 23.4 Å². The van der Waals surface area contributed by atoms with Crippen LogP contribution >= 0.6 is 0 Å². The van der Waals surface area contributed by atoms with Crippen LogP contribution in [0.15, 0.2) is 36.4 Å². The van der Waals surface area contributed by atoms with E-state index in [-0.39, 0.29) is 18.0 Å². The smallest absolute Gasteiger partial charge is 0.370 e. The van der Waals surface area contributed by atoms with Crippen molar-refractivity contribution in [1.82, 2.24) is 0 Å². The lowest BCUT2D eigenvalue weighted by atomic mass is 10.1. The minimum atomic E-state index is -4.50. The first-order valence-corrected chi connectivity index (χ1v) is 9.51. The van der Waals surface area contributed by atoms with Crippen LogP contribution in [0.5, 0.6) is 0 Å². The molecular formula is C21H20F3N3O2. The predicted molar refractivity (Wildman–Crippen MR) is 104 cm³/mol.